The third-order valence-electron chi connectivity index (χ3n) is 9.13. The number of para-hydroxylation sites is 1. The molecule has 0 spiro atoms. The van der Waals surface area contributed by atoms with E-state index in [1.54, 1.807) is 13.3 Å². The van der Waals surface area contributed by atoms with Gasteiger partial charge in [-0.1, -0.05) is 12.1 Å². The minimum atomic E-state index is -2.51. The highest BCUT2D eigenvalue weighted by Crippen LogP contribution is 2.39. The molecule has 4 heterocycles. The smallest absolute Gasteiger partial charge is 0.231 e. The van der Waals surface area contributed by atoms with Gasteiger partial charge in [-0.15, -0.1) is 0 Å². The molecule has 4 aromatic rings. The second-order valence-electron chi connectivity index (χ2n) is 13.5. The number of ether oxygens (including phenoxy) is 1. The molecule has 46 heavy (non-hydrogen) atoms. The number of anilines is 5. The van der Waals surface area contributed by atoms with E-state index in [9.17, 15) is 4.57 Å². The average Bonchev–Trinajstić information content (AvgIpc) is 3.50. The van der Waals surface area contributed by atoms with Gasteiger partial charge < -0.3 is 29.8 Å². The molecule has 0 aliphatic carbocycles. The molecular weight excluding hydrogens is 595 g/mol. The number of hydrogen-bond donors (Lipinski definition) is 3. The fourth-order valence-corrected chi connectivity index (χ4v) is 7.85. The van der Waals surface area contributed by atoms with E-state index < -0.39 is 7.14 Å². The van der Waals surface area contributed by atoms with Gasteiger partial charge in [0.15, 0.2) is 0 Å². The molecule has 10 nitrogen and oxygen atoms in total. The van der Waals surface area contributed by atoms with Crippen LogP contribution in [0.25, 0.3) is 11.0 Å². The van der Waals surface area contributed by atoms with Crippen LogP contribution in [0.2, 0.25) is 0 Å². The lowest BCUT2D eigenvalue weighted by Crippen LogP contribution is -2.54. The van der Waals surface area contributed by atoms with Crippen LogP contribution in [0, 0.1) is 0 Å². The van der Waals surface area contributed by atoms with E-state index >= 15 is 0 Å². The molecule has 0 atom stereocenters. The number of piperidine rings is 1. The molecule has 0 unspecified atom stereocenters. The van der Waals surface area contributed by atoms with Crippen LogP contribution in [-0.2, 0) is 4.57 Å². The van der Waals surface area contributed by atoms with Crippen molar-refractivity contribution >= 4 is 52.3 Å². The highest BCUT2D eigenvalue weighted by Gasteiger charge is 2.29. The van der Waals surface area contributed by atoms with E-state index in [0.29, 0.717) is 29.5 Å². The summed E-state index contributed by atoms with van der Waals surface area (Å²) in [5.74, 6) is 1.95. The van der Waals surface area contributed by atoms with E-state index in [-0.39, 0.29) is 6.10 Å². The summed E-state index contributed by atoms with van der Waals surface area (Å²) < 4.78 is 19.4. The van der Waals surface area contributed by atoms with Gasteiger partial charge in [-0.25, -0.2) is 0 Å². The first-order valence-corrected chi connectivity index (χ1v) is 19.2. The van der Waals surface area contributed by atoms with Gasteiger partial charge in [0.25, 0.3) is 0 Å². The van der Waals surface area contributed by atoms with Crippen molar-refractivity contribution < 1.29 is 9.30 Å². The first kappa shape index (κ1) is 32.4. The zero-order valence-electron chi connectivity index (χ0n) is 28.1. The van der Waals surface area contributed by atoms with Gasteiger partial charge in [0, 0.05) is 74.6 Å². The molecular formula is C35H49N8O2P. The van der Waals surface area contributed by atoms with Crippen molar-refractivity contribution in [2.24, 2.45) is 0 Å². The fourth-order valence-electron chi connectivity index (χ4n) is 6.69. The van der Waals surface area contributed by atoms with Gasteiger partial charge in [0.05, 0.1) is 22.9 Å². The van der Waals surface area contributed by atoms with Crippen LogP contribution < -0.4 is 25.6 Å². The second kappa shape index (κ2) is 13.6. The van der Waals surface area contributed by atoms with E-state index in [0.717, 1.165) is 59.4 Å². The quantitative estimate of drug-likeness (QED) is 0.168. The number of fused-ring (bicyclic) bond motifs is 1. The van der Waals surface area contributed by atoms with Crippen molar-refractivity contribution in [1.82, 2.24) is 24.8 Å². The molecule has 3 N–H and O–H groups in total. The molecule has 2 aromatic carbocycles. The number of aromatic nitrogens is 3. The Kier molecular flexibility index (Phi) is 9.59. The minimum Gasteiger partial charge on any atom is -0.489 e. The molecule has 2 aliphatic heterocycles. The van der Waals surface area contributed by atoms with Crippen molar-refractivity contribution in [3.8, 4) is 5.75 Å². The number of hydrogen-bond acceptors (Lipinski definition) is 9. The average molecular weight is 645 g/mol. The van der Waals surface area contributed by atoms with E-state index in [4.69, 9.17) is 14.7 Å². The van der Waals surface area contributed by atoms with Gasteiger partial charge in [0.2, 0.25) is 5.95 Å². The lowest BCUT2D eigenvalue weighted by molar-refractivity contribution is 0.0692. The number of piperazine rings is 1. The minimum absolute atomic E-state index is 0.0410. The Labute approximate surface area is 273 Å². The predicted molar refractivity (Wildman–Crippen MR) is 192 cm³/mol. The highest BCUT2D eigenvalue weighted by atomic mass is 31.2. The van der Waals surface area contributed by atoms with Crippen molar-refractivity contribution in [2.75, 3.05) is 68.1 Å². The summed E-state index contributed by atoms with van der Waals surface area (Å²) in [7, 11) is -2.51. The number of rotatable bonds is 10. The van der Waals surface area contributed by atoms with Crippen LogP contribution in [0.1, 0.15) is 40.5 Å². The Bertz CT molecular complexity index is 1680. The predicted octanol–water partition coefficient (Wildman–Crippen LogP) is 6.48. The lowest BCUT2D eigenvalue weighted by Gasteiger charge is -2.44. The Hall–Kier alpha value is -3.59. The monoisotopic (exact) mass is 644 g/mol. The van der Waals surface area contributed by atoms with Gasteiger partial charge in [0.1, 0.15) is 24.4 Å². The number of benzene rings is 2. The van der Waals surface area contributed by atoms with Crippen LogP contribution in [0.15, 0.2) is 54.7 Å². The van der Waals surface area contributed by atoms with E-state index in [1.807, 2.05) is 36.5 Å². The SMILES string of the molecule is CC(C)Oc1cc(Nc2nc(Nc3ccccc3P(C)(C)=O)c3cc[nH]c3n2)ccc1N1CCC(N2CCN(C(C)C)CC2)CC1. The van der Waals surface area contributed by atoms with Crippen LogP contribution in [0.4, 0.5) is 28.8 Å². The molecule has 0 amide bonds. The van der Waals surface area contributed by atoms with Gasteiger partial charge >= 0.3 is 0 Å². The molecule has 0 bridgehead atoms. The molecule has 2 aliphatic rings. The van der Waals surface area contributed by atoms with Crippen LogP contribution in [0.5, 0.6) is 5.75 Å². The Morgan fingerprint density at radius 2 is 1.65 bits per heavy atom. The maximum Gasteiger partial charge on any atom is 0.231 e. The molecule has 2 saturated heterocycles. The molecule has 0 saturated carbocycles. The molecule has 0 radical (unpaired) electrons. The van der Waals surface area contributed by atoms with Crippen molar-refractivity contribution in [2.45, 2.75) is 58.7 Å². The number of H-pyrrole nitrogens is 1. The lowest BCUT2D eigenvalue weighted by atomic mass is 10.0. The summed E-state index contributed by atoms with van der Waals surface area (Å²) in [5.41, 5.74) is 3.46. The van der Waals surface area contributed by atoms with E-state index in [1.165, 1.54) is 26.2 Å². The number of aromatic amines is 1. The summed E-state index contributed by atoms with van der Waals surface area (Å²) in [4.78, 5) is 20.6. The van der Waals surface area contributed by atoms with Gasteiger partial charge in [-0.05, 0) is 84.2 Å². The zero-order chi connectivity index (χ0) is 32.4. The molecule has 11 heteroatoms. The second-order valence-corrected chi connectivity index (χ2v) is 16.7. The normalized spacial score (nSPS) is 17.3. The molecule has 2 fully saturated rings. The van der Waals surface area contributed by atoms with Crippen LogP contribution >= 0.6 is 7.14 Å². The van der Waals surface area contributed by atoms with Crippen molar-refractivity contribution in [1.29, 1.82) is 0 Å². The van der Waals surface area contributed by atoms with Gasteiger partial charge in [-0.3, -0.25) is 9.80 Å². The topological polar surface area (TPSA) is 102 Å². The first-order chi connectivity index (χ1) is 22.0. The van der Waals surface area contributed by atoms with Crippen LogP contribution in [-0.4, -0.2) is 95.5 Å². The highest BCUT2D eigenvalue weighted by molar-refractivity contribution is 7.70. The summed E-state index contributed by atoms with van der Waals surface area (Å²) in [6.45, 7) is 19.0. The largest absolute Gasteiger partial charge is 0.489 e. The fraction of sp³-hybridized carbons (Fsp3) is 0.486. The molecule has 246 valence electrons. The first-order valence-electron chi connectivity index (χ1n) is 16.6. The van der Waals surface area contributed by atoms with E-state index in [2.05, 4.69) is 76.2 Å². The maximum absolute atomic E-state index is 13.0. The summed E-state index contributed by atoms with van der Waals surface area (Å²) in [6, 6.07) is 17.2. The third-order valence-corrected chi connectivity index (χ3v) is 10.7. The summed E-state index contributed by atoms with van der Waals surface area (Å²) >= 11 is 0. The Morgan fingerprint density at radius 1 is 0.913 bits per heavy atom. The number of nitrogens with one attached hydrogen (secondary N) is 3. The van der Waals surface area contributed by atoms with Crippen molar-refractivity contribution in [3.63, 3.8) is 0 Å². The molecule has 6 rings (SSSR count). The standard InChI is InChI=1S/C35H49N8O2P/c1-24(2)41-19-21-42(22-20-41)27-14-17-43(18-15-27)30-12-11-26(23-31(30)45-25(3)4)37-35-39-33-28(13-16-36-33)34(40-35)38-29-9-7-8-10-32(29)46(5,6)44/h7-13,16,23-25,27H,14-15,17-22H2,1-6H3,(H3,36,37,38,39,40). The number of nitrogens with zero attached hydrogens (tertiary/aromatic N) is 5. The van der Waals surface area contributed by atoms with Crippen LogP contribution in [0.3, 0.4) is 0 Å². The summed E-state index contributed by atoms with van der Waals surface area (Å²) in [6.07, 6.45) is 4.22. The zero-order valence-corrected chi connectivity index (χ0v) is 29.0. The summed E-state index contributed by atoms with van der Waals surface area (Å²) in [5, 5.41) is 8.49. The van der Waals surface area contributed by atoms with Gasteiger partial charge in [-0.2, -0.15) is 9.97 Å². The Balaban J connectivity index is 1.19. The maximum atomic E-state index is 13.0. The van der Waals surface area contributed by atoms with Crippen molar-refractivity contribution in [3.05, 3.63) is 54.7 Å². The Morgan fingerprint density at radius 3 is 2.35 bits per heavy atom. The third kappa shape index (κ3) is 7.35. The molecule has 2 aromatic heterocycles.